The van der Waals surface area contributed by atoms with Crippen LogP contribution in [-0.4, -0.2) is 12.6 Å². The number of rotatable bonds is 7. The maximum atomic E-state index is 6.16. The summed E-state index contributed by atoms with van der Waals surface area (Å²) < 4.78 is 7.15. The fourth-order valence-corrected chi connectivity index (χ4v) is 3.43. The average molecular weight is 318 g/mol. The molecule has 1 saturated carbocycles. The minimum atomic E-state index is 0.0649. The number of hydrogen-bond acceptors (Lipinski definition) is 3. The molecule has 0 saturated heterocycles. The molecule has 1 aromatic rings. The van der Waals surface area contributed by atoms with E-state index in [-0.39, 0.29) is 12.1 Å². The minimum Gasteiger partial charge on any atom is -0.371 e. The fraction of sp³-hybridized carbons (Fsp3) is 0.692. The molecule has 1 aromatic heterocycles. The largest absolute Gasteiger partial charge is 0.371 e. The second-order valence-corrected chi connectivity index (χ2v) is 7.23. The Hall–Kier alpha value is 0.1000. The Balaban J connectivity index is 1.91. The van der Waals surface area contributed by atoms with Gasteiger partial charge in [-0.25, -0.2) is 0 Å². The van der Waals surface area contributed by atoms with E-state index in [0.717, 1.165) is 22.7 Å². The van der Waals surface area contributed by atoms with Crippen LogP contribution >= 0.6 is 27.3 Å². The summed E-state index contributed by atoms with van der Waals surface area (Å²) in [5, 5.41) is 0. The highest BCUT2D eigenvalue weighted by Gasteiger charge is 2.24. The Bertz CT molecular complexity index is 351. The third-order valence-corrected chi connectivity index (χ3v) is 4.94. The Morgan fingerprint density at radius 2 is 2.29 bits per heavy atom. The summed E-state index contributed by atoms with van der Waals surface area (Å²) in [6.07, 6.45) is 4.98. The fourth-order valence-electron chi connectivity index (χ4n) is 1.88. The lowest BCUT2D eigenvalue weighted by molar-refractivity contribution is 0.0323. The standard InChI is InChI=1S/C13H20BrNOS/c1-2-10(15)13(11-5-6-12(14)17-11)16-8-7-9-3-4-9/h5-6,9-10,13H,2-4,7-8,15H2,1H3. The minimum absolute atomic E-state index is 0.0649. The summed E-state index contributed by atoms with van der Waals surface area (Å²) in [6.45, 7) is 2.96. The summed E-state index contributed by atoms with van der Waals surface area (Å²) >= 11 is 5.22. The van der Waals surface area contributed by atoms with Crippen molar-refractivity contribution in [1.82, 2.24) is 0 Å². The van der Waals surface area contributed by atoms with Crippen LogP contribution in [0.5, 0.6) is 0 Å². The highest BCUT2D eigenvalue weighted by molar-refractivity contribution is 9.11. The number of thiophene rings is 1. The van der Waals surface area contributed by atoms with E-state index in [4.69, 9.17) is 10.5 Å². The van der Waals surface area contributed by atoms with Crippen molar-refractivity contribution >= 4 is 27.3 Å². The molecule has 2 atom stereocenters. The van der Waals surface area contributed by atoms with Gasteiger partial charge in [0, 0.05) is 17.5 Å². The van der Waals surface area contributed by atoms with Crippen LogP contribution in [-0.2, 0) is 4.74 Å². The van der Waals surface area contributed by atoms with Gasteiger partial charge in [-0.3, -0.25) is 0 Å². The van der Waals surface area contributed by atoms with Gasteiger partial charge < -0.3 is 10.5 Å². The van der Waals surface area contributed by atoms with Gasteiger partial charge in [0.15, 0.2) is 0 Å². The van der Waals surface area contributed by atoms with Gasteiger partial charge >= 0.3 is 0 Å². The van der Waals surface area contributed by atoms with Crippen molar-refractivity contribution in [3.8, 4) is 0 Å². The quantitative estimate of drug-likeness (QED) is 0.821. The van der Waals surface area contributed by atoms with E-state index in [0.29, 0.717) is 0 Å². The van der Waals surface area contributed by atoms with E-state index >= 15 is 0 Å². The van der Waals surface area contributed by atoms with Crippen LogP contribution < -0.4 is 5.73 Å². The van der Waals surface area contributed by atoms with Crippen LogP contribution in [0.1, 0.15) is 43.6 Å². The van der Waals surface area contributed by atoms with Gasteiger partial charge in [-0.1, -0.05) is 19.8 Å². The van der Waals surface area contributed by atoms with Crippen molar-refractivity contribution < 1.29 is 4.74 Å². The van der Waals surface area contributed by atoms with Crippen LogP contribution in [0.4, 0.5) is 0 Å². The first-order valence-electron chi connectivity index (χ1n) is 6.33. The second kappa shape index (κ2) is 6.32. The third-order valence-electron chi connectivity index (χ3n) is 3.26. The molecule has 1 aliphatic carbocycles. The Morgan fingerprint density at radius 3 is 2.82 bits per heavy atom. The maximum absolute atomic E-state index is 6.16. The molecule has 2 N–H and O–H groups in total. The van der Waals surface area contributed by atoms with Crippen molar-refractivity contribution in [3.05, 3.63) is 20.8 Å². The van der Waals surface area contributed by atoms with Gasteiger partial charge in [0.1, 0.15) is 6.10 Å². The van der Waals surface area contributed by atoms with Crippen LogP contribution in [0, 0.1) is 5.92 Å². The van der Waals surface area contributed by atoms with Crippen LogP contribution in [0.3, 0.4) is 0 Å². The van der Waals surface area contributed by atoms with Crippen molar-refractivity contribution in [2.75, 3.05) is 6.61 Å². The summed E-state index contributed by atoms with van der Waals surface area (Å²) in [6, 6.07) is 4.28. The molecule has 96 valence electrons. The summed E-state index contributed by atoms with van der Waals surface area (Å²) in [4.78, 5) is 1.24. The Kier molecular flexibility index (Phi) is 5.03. The zero-order chi connectivity index (χ0) is 12.3. The molecule has 2 rings (SSSR count). The number of nitrogens with two attached hydrogens (primary N) is 1. The summed E-state index contributed by atoms with van der Waals surface area (Å²) in [7, 11) is 0. The van der Waals surface area contributed by atoms with Crippen LogP contribution in [0.2, 0.25) is 0 Å². The predicted molar refractivity (Wildman–Crippen MR) is 76.3 cm³/mol. The molecule has 4 heteroatoms. The molecular formula is C13H20BrNOS. The van der Waals surface area contributed by atoms with Crippen molar-refractivity contribution in [2.45, 2.75) is 44.8 Å². The van der Waals surface area contributed by atoms with Crippen molar-refractivity contribution in [2.24, 2.45) is 11.7 Å². The highest BCUT2D eigenvalue weighted by atomic mass is 79.9. The van der Waals surface area contributed by atoms with Gasteiger partial charge in [-0.05, 0) is 46.8 Å². The van der Waals surface area contributed by atoms with E-state index in [1.54, 1.807) is 11.3 Å². The SMILES string of the molecule is CCC(N)C(OCCC1CC1)c1ccc(Br)s1. The molecule has 1 heterocycles. The second-order valence-electron chi connectivity index (χ2n) is 4.74. The normalized spacial score (nSPS) is 19.2. The Labute approximate surface area is 116 Å². The van der Waals surface area contributed by atoms with E-state index in [1.165, 1.54) is 24.1 Å². The van der Waals surface area contributed by atoms with Gasteiger partial charge in [0.05, 0.1) is 3.79 Å². The molecular weight excluding hydrogens is 298 g/mol. The molecule has 1 aliphatic rings. The molecule has 2 unspecified atom stereocenters. The van der Waals surface area contributed by atoms with Crippen molar-refractivity contribution in [3.63, 3.8) is 0 Å². The predicted octanol–water partition coefficient (Wildman–Crippen LogP) is 4.11. The van der Waals surface area contributed by atoms with E-state index in [9.17, 15) is 0 Å². The monoisotopic (exact) mass is 317 g/mol. The lowest BCUT2D eigenvalue weighted by Gasteiger charge is -2.22. The number of halogens is 1. The van der Waals surface area contributed by atoms with Gasteiger partial charge in [0.25, 0.3) is 0 Å². The van der Waals surface area contributed by atoms with E-state index in [2.05, 4.69) is 35.0 Å². The molecule has 0 bridgehead atoms. The maximum Gasteiger partial charge on any atom is 0.107 e. The zero-order valence-corrected chi connectivity index (χ0v) is 12.6. The number of ether oxygens (including phenoxy) is 1. The summed E-state index contributed by atoms with van der Waals surface area (Å²) in [5.41, 5.74) is 6.16. The van der Waals surface area contributed by atoms with E-state index in [1.807, 2.05) is 0 Å². The Morgan fingerprint density at radius 1 is 1.53 bits per heavy atom. The van der Waals surface area contributed by atoms with Gasteiger partial charge in [0.2, 0.25) is 0 Å². The molecule has 2 nitrogen and oxygen atoms in total. The molecule has 0 amide bonds. The lowest BCUT2D eigenvalue weighted by Crippen LogP contribution is -2.29. The highest BCUT2D eigenvalue weighted by Crippen LogP contribution is 2.35. The lowest BCUT2D eigenvalue weighted by atomic mass is 10.1. The zero-order valence-electron chi connectivity index (χ0n) is 10.2. The van der Waals surface area contributed by atoms with Gasteiger partial charge in [-0.15, -0.1) is 11.3 Å². The topological polar surface area (TPSA) is 35.2 Å². The van der Waals surface area contributed by atoms with Crippen molar-refractivity contribution in [1.29, 1.82) is 0 Å². The third kappa shape index (κ3) is 4.05. The van der Waals surface area contributed by atoms with Crippen LogP contribution in [0.25, 0.3) is 0 Å². The molecule has 1 fully saturated rings. The number of hydrogen-bond donors (Lipinski definition) is 1. The smallest absolute Gasteiger partial charge is 0.107 e. The molecule has 0 aliphatic heterocycles. The first-order valence-corrected chi connectivity index (χ1v) is 7.94. The van der Waals surface area contributed by atoms with Gasteiger partial charge in [-0.2, -0.15) is 0 Å². The molecule has 0 radical (unpaired) electrons. The molecule has 0 spiro atoms. The molecule has 17 heavy (non-hydrogen) atoms. The first kappa shape index (κ1) is 13.5. The van der Waals surface area contributed by atoms with E-state index < -0.39 is 0 Å². The summed E-state index contributed by atoms with van der Waals surface area (Å²) in [5.74, 6) is 0.920. The van der Waals surface area contributed by atoms with Crippen LogP contribution in [0.15, 0.2) is 15.9 Å². The average Bonchev–Trinajstić information content (AvgIpc) is 3.05. The molecule has 0 aromatic carbocycles. The first-order chi connectivity index (χ1) is 8.20.